The normalized spacial score (nSPS) is 24.4. The van der Waals surface area contributed by atoms with E-state index < -0.39 is 0 Å². The Bertz CT molecular complexity index is 336. The standard InChI is InChI=1S/C13H20N2O2/c14-12-7-4-8-15(9-12)13(16)17-10-11-5-2-1-3-6-11/h2,5-6,12H,1,3-4,7-10,14H2. The lowest BCUT2D eigenvalue weighted by Crippen LogP contribution is -2.46. The van der Waals surface area contributed by atoms with Gasteiger partial charge in [0.15, 0.2) is 0 Å². The molecule has 0 bridgehead atoms. The van der Waals surface area contributed by atoms with E-state index in [1.165, 1.54) is 0 Å². The minimum absolute atomic E-state index is 0.102. The first-order valence-electron chi connectivity index (χ1n) is 6.28. The molecule has 2 N–H and O–H groups in total. The van der Waals surface area contributed by atoms with Crippen molar-refractivity contribution >= 4 is 6.09 Å². The number of hydrogen-bond acceptors (Lipinski definition) is 3. The summed E-state index contributed by atoms with van der Waals surface area (Å²) in [7, 11) is 0. The molecule has 0 spiro atoms. The maximum atomic E-state index is 11.8. The van der Waals surface area contributed by atoms with Gasteiger partial charge >= 0.3 is 6.09 Å². The summed E-state index contributed by atoms with van der Waals surface area (Å²) < 4.78 is 5.28. The molecule has 1 unspecified atom stereocenters. The summed E-state index contributed by atoms with van der Waals surface area (Å²) in [5.74, 6) is 0. The number of rotatable bonds is 2. The minimum atomic E-state index is -0.236. The van der Waals surface area contributed by atoms with Crippen molar-refractivity contribution in [2.75, 3.05) is 19.7 Å². The van der Waals surface area contributed by atoms with Crippen LogP contribution in [0.4, 0.5) is 4.79 Å². The van der Waals surface area contributed by atoms with E-state index in [0.29, 0.717) is 13.2 Å². The Morgan fingerprint density at radius 3 is 3.12 bits per heavy atom. The number of likely N-dealkylation sites (tertiary alicyclic amines) is 1. The van der Waals surface area contributed by atoms with Gasteiger partial charge < -0.3 is 15.4 Å². The van der Waals surface area contributed by atoms with Gasteiger partial charge in [-0.05, 0) is 31.3 Å². The molecule has 1 aliphatic heterocycles. The van der Waals surface area contributed by atoms with Crippen LogP contribution in [0.3, 0.4) is 0 Å². The molecule has 1 aliphatic carbocycles. The van der Waals surface area contributed by atoms with Crippen molar-refractivity contribution in [1.82, 2.24) is 4.90 Å². The van der Waals surface area contributed by atoms with E-state index in [-0.39, 0.29) is 12.1 Å². The molecular formula is C13H20N2O2. The van der Waals surface area contributed by atoms with Crippen LogP contribution in [-0.4, -0.2) is 36.7 Å². The van der Waals surface area contributed by atoms with Crippen LogP contribution in [0.5, 0.6) is 0 Å². The number of allylic oxidation sites excluding steroid dienone is 2. The van der Waals surface area contributed by atoms with E-state index in [9.17, 15) is 4.79 Å². The fourth-order valence-corrected chi connectivity index (χ4v) is 2.19. The highest BCUT2D eigenvalue weighted by atomic mass is 16.6. The number of piperidine rings is 1. The lowest BCUT2D eigenvalue weighted by atomic mass is 10.1. The number of ether oxygens (including phenoxy) is 1. The number of nitrogens with zero attached hydrogens (tertiary/aromatic N) is 1. The topological polar surface area (TPSA) is 55.6 Å². The highest BCUT2D eigenvalue weighted by Crippen LogP contribution is 2.12. The molecule has 4 heteroatoms. The molecule has 0 aromatic rings. The first kappa shape index (κ1) is 12.2. The Morgan fingerprint density at radius 2 is 2.41 bits per heavy atom. The quantitative estimate of drug-likeness (QED) is 0.795. The van der Waals surface area contributed by atoms with Gasteiger partial charge in [0.2, 0.25) is 0 Å². The Kier molecular flexibility index (Phi) is 4.20. The van der Waals surface area contributed by atoms with Gasteiger partial charge in [-0.25, -0.2) is 4.79 Å². The van der Waals surface area contributed by atoms with E-state index in [2.05, 4.69) is 12.2 Å². The zero-order valence-electron chi connectivity index (χ0n) is 10.1. The molecule has 0 aromatic heterocycles. The molecule has 2 aliphatic rings. The van der Waals surface area contributed by atoms with Crippen LogP contribution in [0.2, 0.25) is 0 Å². The second-order valence-corrected chi connectivity index (χ2v) is 4.66. The fraction of sp³-hybridized carbons (Fsp3) is 0.615. The van der Waals surface area contributed by atoms with Gasteiger partial charge in [0, 0.05) is 19.1 Å². The maximum Gasteiger partial charge on any atom is 0.410 e. The highest BCUT2D eigenvalue weighted by molar-refractivity contribution is 5.68. The van der Waals surface area contributed by atoms with Gasteiger partial charge in [-0.15, -0.1) is 0 Å². The number of amides is 1. The van der Waals surface area contributed by atoms with Crippen molar-refractivity contribution in [3.8, 4) is 0 Å². The van der Waals surface area contributed by atoms with Crippen LogP contribution in [0, 0.1) is 0 Å². The van der Waals surface area contributed by atoms with Gasteiger partial charge in [0.05, 0.1) is 0 Å². The van der Waals surface area contributed by atoms with Crippen LogP contribution in [-0.2, 0) is 4.74 Å². The monoisotopic (exact) mass is 236 g/mol. The van der Waals surface area contributed by atoms with E-state index in [1.807, 2.05) is 6.08 Å². The zero-order valence-corrected chi connectivity index (χ0v) is 10.1. The minimum Gasteiger partial charge on any atom is -0.445 e. The van der Waals surface area contributed by atoms with Crippen LogP contribution in [0.15, 0.2) is 23.8 Å². The predicted molar refractivity (Wildman–Crippen MR) is 66.6 cm³/mol. The second kappa shape index (κ2) is 5.87. The molecule has 0 aromatic carbocycles. The molecule has 0 radical (unpaired) electrons. The van der Waals surface area contributed by atoms with Crippen LogP contribution >= 0.6 is 0 Å². The van der Waals surface area contributed by atoms with Crippen molar-refractivity contribution in [1.29, 1.82) is 0 Å². The van der Waals surface area contributed by atoms with E-state index in [4.69, 9.17) is 10.5 Å². The van der Waals surface area contributed by atoms with Gasteiger partial charge in [0.1, 0.15) is 6.61 Å². The van der Waals surface area contributed by atoms with Crippen molar-refractivity contribution < 1.29 is 9.53 Å². The summed E-state index contributed by atoms with van der Waals surface area (Å²) in [6, 6.07) is 0.102. The first-order chi connectivity index (χ1) is 8.25. The molecule has 0 saturated carbocycles. The Balaban J connectivity index is 1.76. The van der Waals surface area contributed by atoms with Crippen molar-refractivity contribution in [2.24, 2.45) is 5.73 Å². The molecule has 4 nitrogen and oxygen atoms in total. The number of hydrogen-bond donors (Lipinski definition) is 1. The molecule has 17 heavy (non-hydrogen) atoms. The Morgan fingerprint density at radius 1 is 1.53 bits per heavy atom. The molecule has 1 amide bonds. The summed E-state index contributed by atoms with van der Waals surface area (Å²) in [5, 5.41) is 0. The lowest BCUT2D eigenvalue weighted by Gasteiger charge is -2.30. The third-order valence-corrected chi connectivity index (χ3v) is 3.15. The molecule has 2 rings (SSSR count). The average molecular weight is 236 g/mol. The Labute approximate surface area is 102 Å². The largest absolute Gasteiger partial charge is 0.445 e. The number of carbonyl (C=O) groups is 1. The average Bonchev–Trinajstić information content (AvgIpc) is 2.37. The van der Waals surface area contributed by atoms with E-state index >= 15 is 0 Å². The molecule has 1 saturated heterocycles. The molecule has 1 heterocycles. The summed E-state index contributed by atoms with van der Waals surface area (Å²) in [5.41, 5.74) is 6.92. The molecular weight excluding hydrogens is 216 g/mol. The SMILES string of the molecule is NC1CCCN(C(=O)OCC2=CCCC=C2)C1. The van der Waals surface area contributed by atoms with E-state index in [0.717, 1.165) is 37.8 Å². The van der Waals surface area contributed by atoms with Crippen LogP contribution < -0.4 is 5.73 Å². The van der Waals surface area contributed by atoms with Crippen molar-refractivity contribution in [2.45, 2.75) is 31.7 Å². The third kappa shape index (κ3) is 3.60. The second-order valence-electron chi connectivity index (χ2n) is 4.66. The maximum absolute atomic E-state index is 11.8. The van der Waals surface area contributed by atoms with Crippen LogP contribution in [0.1, 0.15) is 25.7 Å². The molecule has 94 valence electrons. The predicted octanol–water partition coefficient (Wildman–Crippen LogP) is 1.82. The van der Waals surface area contributed by atoms with Crippen molar-refractivity contribution in [3.63, 3.8) is 0 Å². The van der Waals surface area contributed by atoms with Gasteiger partial charge in [-0.2, -0.15) is 0 Å². The summed E-state index contributed by atoms with van der Waals surface area (Å²) in [4.78, 5) is 13.5. The molecule has 1 atom stereocenters. The first-order valence-corrected chi connectivity index (χ1v) is 6.28. The fourth-order valence-electron chi connectivity index (χ4n) is 2.19. The van der Waals surface area contributed by atoms with Crippen LogP contribution in [0.25, 0.3) is 0 Å². The summed E-state index contributed by atoms with van der Waals surface area (Å²) in [6.45, 7) is 1.76. The van der Waals surface area contributed by atoms with Crippen molar-refractivity contribution in [3.05, 3.63) is 23.8 Å². The molecule has 1 fully saturated rings. The summed E-state index contributed by atoms with van der Waals surface area (Å²) in [6.07, 6.45) is 10.1. The van der Waals surface area contributed by atoms with Gasteiger partial charge in [-0.1, -0.05) is 18.2 Å². The van der Waals surface area contributed by atoms with E-state index in [1.54, 1.807) is 4.90 Å². The zero-order chi connectivity index (χ0) is 12.1. The lowest BCUT2D eigenvalue weighted by molar-refractivity contribution is 0.0994. The smallest absolute Gasteiger partial charge is 0.410 e. The third-order valence-electron chi connectivity index (χ3n) is 3.15. The van der Waals surface area contributed by atoms with Gasteiger partial charge in [-0.3, -0.25) is 0 Å². The van der Waals surface area contributed by atoms with Gasteiger partial charge in [0.25, 0.3) is 0 Å². The number of carbonyl (C=O) groups excluding carboxylic acids is 1. The highest BCUT2D eigenvalue weighted by Gasteiger charge is 2.22. The number of nitrogens with two attached hydrogens (primary N) is 1. The summed E-state index contributed by atoms with van der Waals surface area (Å²) >= 11 is 0. The Hall–Kier alpha value is -1.29.